The fourth-order valence-corrected chi connectivity index (χ4v) is 4.71. The number of benzene rings is 2. The van der Waals surface area contributed by atoms with Crippen LogP contribution < -0.4 is 10.6 Å². The predicted octanol–water partition coefficient (Wildman–Crippen LogP) is 5.72. The van der Waals surface area contributed by atoms with E-state index in [0.29, 0.717) is 40.4 Å². The Hall–Kier alpha value is -3.12. The number of hydrogen-bond acceptors (Lipinski definition) is 4. The molecular weight excluding hydrogens is 551 g/mol. The number of unbranched alkanes of at least 4 members (excludes halogenated alkanes) is 1. The lowest BCUT2D eigenvalue weighted by Crippen LogP contribution is -2.48. The number of carbonyl (C=O) groups is 1. The molecule has 206 valence electrons. The monoisotopic (exact) mass is 584 g/mol. The van der Waals surface area contributed by atoms with Gasteiger partial charge in [-0.05, 0) is 54.4 Å². The normalized spacial score (nSPS) is 11.5. The van der Waals surface area contributed by atoms with Gasteiger partial charge in [0.15, 0.2) is 5.11 Å². The van der Waals surface area contributed by atoms with Gasteiger partial charge in [-0.2, -0.15) is 5.26 Å². The molecule has 1 atom stereocenters. The Kier molecular flexibility index (Phi) is 12.1. The number of nitrogens with zero attached hydrogens (tertiary/aromatic N) is 4. The number of halogens is 2. The summed E-state index contributed by atoms with van der Waals surface area (Å²) >= 11 is 18.5. The zero-order valence-corrected chi connectivity index (χ0v) is 24.6. The highest BCUT2D eigenvalue weighted by Gasteiger charge is 2.20. The van der Waals surface area contributed by atoms with Crippen LogP contribution in [0.5, 0.6) is 0 Å². The summed E-state index contributed by atoms with van der Waals surface area (Å²) in [6, 6.07) is 15.0. The highest BCUT2D eigenvalue weighted by atomic mass is 35.5. The van der Waals surface area contributed by atoms with Crippen LogP contribution in [-0.4, -0.2) is 44.6 Å². The van der Waals surface area contributed by atoms with E-state index in [1.54, 1.807) is 30.7 Å². The molecule has 0 unspecified atom stereocenters. The molecule has 0 bridgehead atoms. The first kappa shape index (κ1) is 30.4. The van der Waals surface area contributed by atoms with Crippen LogP contribution >= 0.6 is 35.4 Å². The molecule has 0 saturated carbocycles. The fraction of sp³-hybridized carbons (Fsp3) is 0.379. The third-order valence-electron chi connectivity index (χ3n) is 6.36. The van der Waals surface area contributed by atoms with Crippen LogP contribution in [0.15, 0.2) is 55.0 Å². The van der Waals surface area contributed by atoms with Gasteiger partial charge in [-0.25, -0.2) is 4.98 Å². The molecule has 3 rings (SSSR count). The van der Waals surface area contributed by atoms with E-state index in [-0.39, 0.29) is 18.4 Å². The minimum Gasteiger partial charge on any atom is -0.363 e. The number of amides is 1. The van der Waals surface area contributed by atoms with Gasteiger partial charge in [-0.3, -0.25) is 4.79 Å². The number of nitrogens with one attached hydrogen (secondary N) is 2. The Bertz CT molecular complexity index is 1290. The number of rotatable bonds is 13. The second-order valence-electron chi connectivity index (χ2n) is 9.35. The molecule has 39 heavy (non-hydrogen) atoms. The third kappa shape index (κ3) is 9.24. The van der Waals surface area contributed by atoms with E-state index >= 15 is 0 Å². The molecule has 0 aliphatic carbocycles. The van der Waals surface area contributed by atoms with Gasteiger partial charge in [0.2, 0.25) is 5.91 Å². The highest BCUT2D eigenvalue weighted by Crippen LogP contribution is 2.26. The lowest BCUT2D eigenvalue weighted by Gasteiger charge is -2.30. The molecule has 2 N–H and O–H groups in total. The number of thiocarbonyl (C=S) groups is 1. The quantitative estimate of drug-likeness (QED) is 0.197. The molecule has 10 heteroatoms. The van der Waals surface area contributed by atoms with Gasteiger partial charge in [0.25, 0.3) is 0 Å². The highest BCUT2D eigenvalue weighted by molar-refractivity contribution is 7.80. The molecule has 1 amide bonds. The van der Waals surface area contributed by atoms with Gasteiger partial charge in [0, 0.05) is 44.1 Å². The molecule has 0 spiro atoms. The van der Waals surface area contributed by atoms with Gasteiger partial charge >= 0.3 is 0 Å². The zero-order chi connectivity index (χ0) is 28.2. The first-order valence-electron chi connectivity index (χ1n) is 13.1. The van der Waals surface area contributed by atoms with Crippen LogP contribution in [0.2, 0.25) is 10.0 Å². The fourth-order valence-electron chi connectivity index (χ4n) is 4.08. The molecule has 0 radical (unpaired) electrons. The van der Waals surface area contributed by atoms with Crippen molar-refractivity contribution in [3.63, 3.8) is 0 Å². The molecule has 0 aliphatic rings. The van der Waals surface area contributed by atoms with Crippen molar-refractivity contribution in [2.24, 2.45) is 0 Å². The number of hydrogen-bond donors (Lipinski definition) is 2. The Labute approximate surface area is 246 Å². The maximum Gasteiger partial charge on any atom is 0.226 e. The van der Waals surface area contributed by atoms with E-state index in [1.807, 2.05) is 40.7 Å². The Morgan fingerprint density at radius 2 is 1.97 bits per heavy atom. The van der Waals surface area contributed by atoms with Crippen LogP contribution in [0, 0.1) is 11.3 Å². The van der Waals surface area contributed by atoms with Crippen molar-refractivity contribution in [2.45, 2.75) is 58.7 Å². The van der Waals surface area contributed by atoms with Crippen molar-refractivity contribution in [2.75, 3.05) is 13.1 Å². The zero-order valence-electron chi connectivity index (χ0n) is 22.3. The average Bonchev–Trinajstić information content (AvgIpc) is 3.36. The van der Waals surface area contributed by atoms with E-state index in [9.17, 15) is 4.79 Å². The van der Waals surface area contributed by atoms with E-state index in [4.69, 9.17) is 40.7 Å². The minimum atomic E-state index is -0.128. The Morgan fingerprint density at radius 1 is 1.21 bits per heavy atom. The van der Waals surface area contributed by atoms with E-state index in [0.717, 1.165) is 42.6 Å². The van der Waals surface area contributed by atoms with E-state index < -0.39 is 0 Å². The number of imidazole rings is 1. The second kappa shape index (κ2) is 15.5. The lowest BCUT2D eigenvalue weighted by molar-refractivity contribution is -0.121. The molecule has 1 aromatic heterocycles. The molecule has 0 saturated heterocycles. The van der Waals surface area contributed by atoms with E-state index in [1.165, 1.54) is 0 Å². The van der Waals surface area contributed by atoms with Crippen molar-refractivity contribution in [3.05, 3.63) is 87.4 Å². The van der Waals surface area contributed by atoms with Gasteiger partial charge in [0.05, 0.1) is 34.4 Å². The summed E-state index contributed by atoms with van der Waals surface area (Å²) in [4.78, 5) is 19.4. The predicted molar refractivity (Wildman–Crippen MR) is 161 cm³/mol. The lowest BCUT2D eigenvalue weighted by atomic mass is 10.1. The van der Waals surface area contributed by atoms with E-state index in [2.05, 4.69) is 28.6 Å². The largest absolute Gasteiger partial charge is 0.363 e. The van der Waals surface area contributed by atoms with Crippen LogP contribution in [0.1, 0.15) is 55.5 Å². The minimum absolute atomic E-state index is 0.0889. The Balaban J connectivity index is 1.66. The first-order valence-corrected chi connectivity index (χ1v) is 14.2. The number of aromatic nitrogens is 2. The molecule has 0 fully saturated rings. The summed E-state index contributed by atoms with van der Waals surface area (Å²) in [7, 11) is 0. The standard InChI is InChI=1S/C29H34Cl2N6OS/c1-3-5-13-34-29(39)36(18-23-7-6-8-26(30)28(23)31)19-24(4-2)35-27(38)14-25-16-33-20-37(25)17-22-11-9-21(15-32)10-12-22/h6-12,16,20,24H,3-5,13-14,17-19H2,1-2H3,(H,34,39)(H,35,38)/t24-/m0/s1. The summed E-state index contributed by atoms with van der Waals surface area (Å²) in [5.74, 6) is -0.0889. The van der Waals surface area contributed by atoms with Gasteiger partial charge < -0.3 is 20.1 Å². The van der Waals surface area contributed by atoms with Crippen molar-refractivity contribution in [1.82, 2.24) is 25.1 Å². The van der Waals surface area contributed by atoms with Crippen LogP contribution in [0.25, 0.3) is 0 Å². The average molecular weight is 586 g/mol. The summed E-state index contributed by atoms with van der Waals surface area (Å²) in [6.45, 7) is 6.51. The maximum absolute atomic E-state index is 13.1. The first-order chi connectivity index (χ1) is 18.8. The molecule has 2 aromatic carbocycles. The smallest absolute Gasteiger partial charge is 0.226 e. The summed E-state index contributed by atoms with van der Waals surface area (Å²) in [5.41, 5.74) is 3.32. The topological polar surface area (TPSA) is 86.0 Å². The Morgan fingerprint density at radius 3 is 2.67 bits per heavy atom. The summed E-state index contributed by atoms with van der Waals surface area (Å²) < 4.78 is 1.95. The summed E-state index contributed by atoms with van der Waals surface area (Å²) in [5, 5.41) is 17.1. The summed E-state index contributed by atoms with van der Waals surface area (Å²) in [6.07, 6.45) is 6.43. The maximum atomic E-state index is 13.1. The van der Waals surface area contributed by atoms with Gasteiger partial charge in [-0.1, -0.05) is 67.7 Å². The van der Waals surface area contributed by atoms with Crippen molar-refractivity contribution in [3.8, 4) is 6.07 Å². The van der Waals surface area contributed by atoms with Crippen molar-refractivity contribution >= 4 is 46.4 Å². The number of nitriles is 1. The van der Waals surface area contributed by atoms with Gasteiger partial charge in [0.1, 0.15) is 0 Å². The second-order valence-corrected chi connectivity index (χ2v) is 10.5. The van der Waals surface area contributed by atoms with Crippen LogP contribution in [0.3, 0.4) is 0 Å². The van der Waals surface area contributed by atoms with Crippen LogP contribution in [0.4, 0.5) is 0 Å². The molecule has 3 aromatic rings. The van der Waals surface area contributed by atoms with Crippen molar-refractivity contribution < 1.29 is 4.79 Å². The molecular formula is C29H34Cl2N6OS. The van der Waals surface area contributed by atoms with Gasteiger partial charge in [-0.15, -0.1) is 0 Å². The number of carbonyl (C=O) groups excluding carboxylic acids is 1. The third-order valence-corrected chi connectivity index (χ3v) is 7.62. The van der Waals surface area contributed by atoms with Crippen molar-refractivity contribution in [1.29, 1.82) is 5.26 Å². The molecule has 0 aliphatic heterocycles. The molecule has 7 nitrogen and oxygen atoms in total. The SMILES string of the molecule is CCCCNC(=S)N(Cc1cccc(Cl)c1Cl)C[C@H](CC)NC(=O)Cc1cncn1Cc1ccc(C#N)cc1. The van der Waals surface area contributed by atoms with Crippen LogP contribution in [-0.2, 0) is 24.3 Å². The molecule has 1 heterocycles.